The highest BCUT2D eigenvalue weighted by atomic mass is 32.2. The Hall–Kier alpha value is -2.42. The van der Waals surface area contributed by atoms with Crippen LogP contribution in [0.15, 0.2) is 54.6 Å². The van der Waals surface area contributed by atoms with Crippen LogP contribution in [0.4, 0.5) is 0 Å². The Labute approximate surface area is 208 Å². The van der Waals surface area contributed by atoms with Crippen molar-refractivity contribution in [3.05, 3.63) is 65.7 Å². The molecular formula is C27H36N2O5S. The van der Waals surface area contributed by atoms with Crippen LogP contribution >= 0.6 is 0 Å². The maximum Gasteiger partial charge on any atom is 0.226 e. The normalized spacial score (nSPS) is 26.9. The van der Waals surface area contributed by atoms with Gasteiger partial charge in [-0.05, 0) is 68.1 Å². The summed E-state index contributed by atoms with van der Waals surface area (Å²) in [4.78, 5) is 12.3. The number of hydrogen-bond acceptors (Lipinski definition) is 5. The first-order valence-electron chi connectivity index (χ1n) is 12.4. The van der Waals surface area contributed by atoms with Gasteiger partial charge in [0.25, 0.3) is 0 Å². The van der Waals surface area contributed by atoms with Crippen molar-refractivity contribution < 1.29 is 22.7 Å². The fraction of sp³-hybridized carbons (Fsp3) is 0.519. The second kappa shape index (κ2) is 11.1. The predicted molar refractivity (Wildman–Crippen MR) is 135 cm³/mol. The van der Waals surface area contributed by atoms with E-state index in [0.717, 1.165) is 43.3 Å². The largest absolute Gasteiger partial charge is 0.489 e. The maximum absolute atomic E-state index is 12.3. The fourth-order valence-corrected chi connectivity index (χ4v) is 6.26. The number of ether oxygens (including phenoxy) is 2. The molecule has 2 fully saturated rings. The first-order chi connectivity index (χ1) is 16.7. The third-order valence-corrected chi connectivity index (χ3v) is 8.14. The molecule has 3 N–H and O–H groups in total. The number of rotatable bonds is 10. The van der Waals surface area contributed by atoms with Crippen molar-refractivity contribution >= 4 is 15.9 Å². The Bertz CT molecular complexity index is 1100. The second-order valence-corrected chi connectivity index (χ2v) is 11.9. The van der Waals surface area contributed by atoms with Crippen LogP contribution in [0.1, 0.15) is 62.0 Å². The van der Waals surface area contributed by atoms with E-state index in [4.69, 9.17) is 15.2 Å². The van der Waals surface area contributed by atoms with E-state index < -0.39 is 21.3 Å². The summed E-state index contributed by atoms with van der Waals surface area (Å²) < 4.78 is 38.2. The summed E-state index contributed by atoms with van der Waals surface area (Å²) in [5, 5.41) is 0. The van der Waals surface area contributed by atoms with Crippen molar-refractivity contribution in [2.75, 3.05) is 12.9 Å². The van der Waals surface area contributed by atoms with Gasteiger partial charge in [0.2, 0.25) is 15.9 Å². The monoisotopic (exact) mass is 500 g/mol. The number of benzene rings is 2. The van der Waals surface area contributed by atoms with Crippen LogP contribution in [0.2, 0.25) is 0 Å². The first kappa shape index (κ1) is 25.7. The van der Waals surface area contributed by atoms with Gasteiger partial charge in [0, 0.05) is 6.04 Å². The van der Waals surface area contributed by atoms with Crippen molar-refractivity contribution in [1.82, 2.24) is 4.72 Å². The summed E-state index contributed by atoms with van der Waals surface area (Å²) in [6.45, 7) is 0.789. The molecule has 190 valence electrons. The van der Waals surface area contributed by atoms with E-state index in [-0.39, 0.29) is 18.8 Å². The first-order valence-corrected chi connectivity index (χ1v) is 14.3. The number of carbonyl (C=O) groups is 1. The van der Waals surface area contributed by atoms with Crippen molar-refractivity contribution in [3.63, 3.8) is 0 Å². The zero-order valence-electron chi connectivity index (χ0n) is 20.3. The lowest BCUT2D eigenvalue weighted by molar-refractivity contribution is -0.133. The van der Waals surface area contributed by atoms with Crippen molar-refractivity contribution in [2.24, 2.45) is 11.1 Å². The number of para-hydroxylation sites is 1. The number of carbonyl (C=O) groups excluding carboxylic acids is 1. The van der Waals surface area contributed by atoms with Crippen molar-refractivity contribution in [2.45, 2.75) is 69.6 Å². The second-order valence-electron chi connectivity index (χ2n) is 10.1. The van der Waals surface area contributed by atoms with E-state index in [9.17, 15) is 13.2 Å². The Morgan fingerprint density at radius 2 is 1.71 bits per heavy atom. The zero-order chi connectivity index (χ0) is 24.9. The summed E-state index contributed by atoms with van der Waals surface area (Å²) >= 11 is 0. The Morgan fingerprint density at radius 3 is 2.40 bits per heavy atom. The summed E-state index contributed by atoms with van der Waals surface area (Å²) in [7, 11) is -3.33. The number of hydrogen-bond donors (Lipinski definition) is 2. The van der Waals surface area contributed by atoms with Gasteiger partial charge in [0.15, 0.2) is 0 Å². The molecule has 2 saturated carbocycles. The Balaban J connectivity index is 1.30. The van der Waals surface area contributed by atoms with E-state index in [1.165, 1.54) is 5.56 Å². The van der Waals surface area contributed by atoms with Gasteiger partial charge in [-0.25, -0.2) is 13.1 Å². The van der Waals surface area contributed by atoms with Gasteiger partial charge in [-0.2, -0.15) is 0 Å². The van der Waals surface area contributed by atoms with E-state index in [0.29, 0.717) is 31.8 Å². The minimum absolute atomic E-state index is 0.0711. The molecule has 0 aromatic heterocycles. The molecule has 0 saturated heterocycles. The van der Waals surface area contributed by atoms with Gasteiger partial charge in [-0.15, -0.1) is 0 Å². The van der Waals surface area contributed by atoms with Crippen molar-refractivity contribution in [1.29, 1.82) is 0 Å². The molecule has 2 aromatic rings. The smallest absolute Gasteiger partial charge is 0.226 e. The highest BCUT2D eigenvalue weighted by Gasteiger charge is 2.45. The molecule has 0 aliphatic heterocycles. The molecule has 0 heterocycles. The lowest BCUT2D eigenvalue weighted by Gasteiger charge is -2.33. The molecule has 2 aliphatic rings. The van der Waals surface area contributed by atoms with E-state index in [1.807, 2.05) is 30.3 Å². The number of nitrogens with two attached hydrogens (primary N) is 1. The number of sulfonamides is 1. The summed E-state index contributed by atoms with van der Waals surface area (Å²) in [6, 6.07) is 18.2. The molecule has 4 rings (SSSR count). The molecule has 7 nitrogen and oxygen atoms in total. The van der Waals surface area contributed by atoms with Gasteiger partial charge in [-0.1, -0.05) is 48.5 Å². The van der Waals surface area contributed by atoms with Crippen LogP contribution < -0.4 is 15.2 Å². The van der Waals surface area contributed by atoms with Gasteiger partial charge < -0.3 is 15.2 Å². The number of amides is 1. The SMILES string of the molecule is CS(=O)(=O)N[C@H]1CC[C@](COC2CCC(c3ccccc3OCc3ccccc3)CC2)(C(N)=O)C1. The molecule has 2 aromatic carbocycles. The Kier molecular flexibility index (Phi) is 8.14. The molecule has 2 aliphatic carbocycles. The van der Waals surface area contributed by atoms with Crippen LogP contribution in [0.3, 0.4) is 0 Å². The van der Waals surface area contributed by atoms with Crippen LogP contribution in [0.25, 0.3) is 0 Å². The molecule has 0 radical (unpaired) electrons. The third-order valence-electron chi connectivity index (χ3n) is 7.38. The summed E-state index contributed by atoms with van der Waals surface area (Å²) in [5.41, 5.74) is 7.32. The molecule has 0 bridgehead atoms. The lowest BCUT2D eigenvalue weighted by Crippen LogP contribution is -2.42. The average Bonchev–Trinajstić information content (AvgIpc) is 3.25. The average molecular weight is 501 g/mol. The van der Waals surface area contributed by atoms with E-state index in [1.54, 1.807) is 0 Å². The molecule has 2 atom stereocenters. The zero-order valence-corrected chi connectivity index (χ0v) is 21.1. The molecule has 1 amide bonds. The minimum Gasteiger partial charge on any atom is -0.489 e. The van der Waals surface area contributed by atoms with Crippen LogP contribution in [0.5, 0.6) is 5.75 Å². The maximum atomic E-state index is 12.3. The van der Waals surface area contributed by atoms with Gasteiger partial charge in [0.1, 0.15) is 12.4 Å². The summed E-state index contributed by atoms with van der Waals surface area (Å²) in [5.74, 6) is 0.930. The topological polar surface area (TPSA) is 108 Å². The fourth-order valence-electron chi connectivity index (χ4n) is 5.46. The van der Waals surface area contributed by atoms with Crippen molar-refractivity contribution in [3.8, 4) is 5.75 Å². The van der Waals surface area contributed by atoms with E-state index in [2.05, 4.69) is 29.0 Å². The molecule has 0 spiro atoms. The molecule has 0 unspecified atom stereocenters. The standard InChI is InChI=1S/C27H36N2O5S/c1-35(31,32)29-22-15-16-27(17-22,26(28)30)19-34-23-13-11-21(12-14-23)24-9-5-6-10-25(24)33-18-20-7-3-2-4-8-20/h2-10,21-23,29H,11-19H2,1H3,(H2,28,30)/t21?,22-,23?,27-/m0/s1. The highest BCUT2D eigenvalue weighted by Crippen LogP contribution is 2.42. The molecule has 8 heteroatoms. The van der Waals surface area contributed by atoms with Gasteiger partial charge in [-0.3, -0.25) is 4.79 Å². The van der Waals surface area contributed by atoms with Gasteiger partial charge in [0.05, 0.1) is 24.4 Å². The minimum atomic E-state index is -3.33. The number of primary amides is 1. The predicted octanol–water partition coefficient (Wildman–Crippen LogP) is 3.88. The third kappa shape index (κ3) is 6.84. The highest BCUT2D eigenvalue weighted by molar-refractivity contribution is 7.88. The molecule has 35 heavy (non-hydrogen) atoms. The lowest BCUT2D eigenvalue weighted by atomic mass is 9.82. The Morgan fingerprint density at radius 1 is 1.03 bits per heavy atom. The van der Waals surface area contributed by atoms with E-state index >= 15 is 0 Å². The molecular weight excluding hydrogens is 464 g/mol. The van der Waals surface area contributed by atoms with Crippen LogP contribution in [-0.4, -0.2) is 39.3 Å². The quantitative estimate of drug-likeness (QED) is 0.515. The van der Waals surface area contributed by atoms with Crippen LogP contribution in [-0.2, 0) is 26.2 Å². The number of nitrogens with one attached hydrogen (secondary N) is 1. The van der Waals surface area contributed by atoms with Crippen LogP contribution in [0, 0.1) is 5.41 Å². The summed E-state index contributed by atoms with van der Waals surface area (Å²) in [6.07, 6.45) is 6.49. The van der Waals surface area contributed by atoms with Gasteiger partial charge >= 0.3 is 0 Å².